The van der Waals surface area contributed by atoms with E-state index in [1.807, 2.05) is 0 Å². The first-order valence-electron chi connectivity index (χ1n) is 11.2. The summed E-state index contributed by atoms with van der Waals surface area (Å²) in [5.41, 5.74) is 5.61. The number of hydrogen-bond acceptors (Lipinski definition) is 12. The quantitative estimate of drug-likeness (QED) is 0.0669. The fourth-order valence-electron chi connectivity index (χ4n) is 3.73. The number of anilines is 1. The number of hydrogen-bond donors (Lipinski definition) is 5. The molecule has 2 aromatic heterocycles. The molecule has 0 unspecified atom stereocenters. The van der Waals surface area contributed by atoms with Crippen LogP contribution in [0.15, 0.2) is 51.2 Å². The van der Waals surface area contributed by atoms with Crippen LogP contribution in [0.4, 0.5) is 5.13 Å². The maximum absolute atomic E-state index is 13.0. The lowest BCUT2D eigenvalue weighted by molar-refractivity contribution is -0.686. The monoisotopic (exact) mass is 609 g/mol. The molecule has 40 heavy (non-hydrogen) atoms. The lowest BCUT2D eigenvalue weighted by atomic mass is 10.0. The van der Waals surface area contributed by atoms with Crippen molar-refractivity contribution in [1.82, 2.24) is 15.2 Å². The maximum atomic E-state index is 13.0. The predicted molar refractivity (Wildman–Crippen MR) is 141 cm³/mol. The molecular weight excluding hydrogens is 588 g/mol. The van der Waals surface area contributed by atoms with Gasteiger partial charge in [-0.1, -0.05) is 5.16 Å². The number of fused-ring (bicyclic) bond motifs is 1. The molecule has 210 valence electrons. The van der Waals surface area contributed by atoms with Crippen molar-refractivity contribution in [1.29, 1.82) is 0 Å². The highest BCUT2D eigenvalue weighted by Gasteiger charge is 2.54. The van der Waals surface area contributed by atoms with Crippen molar-refractivity contribution in [2.75, 3.05) is 23.8 Å². The van der Waals surface area contributed by atoms with Crippen LogP contribution in [0, 0.1) is 0 Å². The zero-order valence-corrected chi connectivity index (χ0v) is 22.7. The number of pyridine rings is 1. The fourth-order valence-corrected chi connectivity index (χ4v) is 6.65. The molecule has 1 saturated heterocycles. The number of thioether (sulfide) groups is 2. The molecule has 2 atom stereocenters. The summed E-state index contributed by atoms with van der Waals surface area (Å²) in [6.45, 7) is -1.00. The smallest absolute Gasteiger partial charge is 0.370 e. The first-order chi connectivity index (χ1) is 19.0. The first-order valence-corrected chi connectivity index (χ1v) is 14.1. The lowest BCUT2D eigenvalue weighted by Crippen LogP contribution is -2.71. The van der Waals surface area contributed by atoms with E-state index in [1.54, 1.807) is 24.5 Å². The number of carboxylic acid groups (broad SMARTS) is 3. The summed E-state index contributed by atoms with van der Waals surface area (Å²) in [7, 11) is 0. The fraction of sp³-hybridized carbons (Fsp3) is 0.273. The van der Waals surface area contributed by atoms with E-state index in [9.17, 15) is 29.1 Å². The molecule has 2 aliphatic heterocycles. The number of carbonyl (C=O) groups is 5. The van der Waals surface area contributed by atoms with Crippen LogP contribution in [0.1, 0.15) is 5.69 Å². The van der Waals surface area contributed by atoms with Crippen LogP contribution in [0.5, 0.6) is 0 Å². The summed E-state index contributed by atoms with van der Waals surface area (Å²) in [5.74, 6) is -4.54. The van der Waals surface area contributed by atoms with E-state index in [4.69, 9.17) is 20.8 Å². The normalized spacial score (nSPS) is 18.6. The number of nitrogens with two attached hydrogens (primary N) is 1. The van der Waals surface area contributed by atoms with E-state index < -0.39 is 47.7 Å². The number of thiazole rings is 1. The van der Waals surface area contributed by atoms with Crippen LogP contribution in [-0.2, 0) is 35.4 Å². The largest absolute Gasteiger partial charge is 0.479 e. The van der Waals surface area contributed by atoms with E-state index in [2.05, 4.69) is 15.5 Å². The molecule has 0 radical (unpaired) electrons. The van der Waals surface area contributed by atoms with Gasteiger partial charge in [-0.25, -0.2) is 19.4 Å². The molecule has 18 heteroatoms. The Balaban J connectivity index is 1.45. The average molecular weight is 610 g/mol. The number of carboxylic acids is 3. The van der Waals surface area contributed by atoms with Crippen LogP contribution < -0.4 is 15.6 Å². The minimum Gasteiger partial charge on any atom is -0.479 e. The van der Waals surface area contributed by atoms with Crippen LogP contribution in [0.2, 0.25) is 0 Å². The Morgan fingerprint density at radius 1 is 1.23 bits per heavy atom. The lowest BCUT2D eigenvalue weighted by Gasteiger charge is -2.49. The summed E-state index contributed by atoms with van der Waals surface area (Å²) in [6, 6.07) is 2.35. The highest BCUT2D eigenvalue weighted by molar-refractivity contribution is 8.01. The molecule has 2 aliphatic rings. The average Bonchev–Trinajstić information content (AvgIpc) is 3.33. The zero-order valence-electron chi connectivity index (χ0n) is 20.3. The summed E-state index contributed by atoms with van der Waals surface area (Å²) >= 11 is 3.63. The van der Waals surface area contributed by atoms with Gasteiger partial charge < -0.3 is 31.2 Å². The van der Waals surface area contributed by atoms with Crippen molar-refractivity contribution in [2.45, 2.75) is 22.9 Å². The Morgan fingerprint density at radius 2 is 1.95 bits per heavy atom. The van der Waals surface area contributed by atoms with Gasteiger partial charge in [0.15, 0.2) is 23.2 Å². The van der Waals surface area contributed by atoms with Gasteiger partial charge in [-0.2, -0.15) is 4.57 Å². The van der Waals surface area contributed by atoms with Crippen LogP contribution in [0.3, 0.4) is 0 Å². The molecular formula is C22H21N6O9S3+. The number of carbonyl (C=O) groups excluding carboxylic acids is 2. The number of aliphatic carboxylic acids is 3. The second-order valence-electron chi connectivity index (χ2n) is 8.18. The number of oxime groups is 1. The minimum absolute atomic E-state index is 0.0186. The molecule has 2 amide bonds. The zero-order chi connectivity index (χ0) is 29.0. The Kier molecular flexibility index (Phi) is 8.90. The number of nitrogens with zero attached hydrogens (tertiary/aromatic N) is 4. The van der Waals surface area contributed by atoms with E-state index >= 15 is 0 Å². The van der Waals surface area contributed by atoms with E-state index in [0.717, 1.165) is 21.1 Å². The van der Waals surface area contributed by atoms with Gasteiger partial charge in [0.05, 0.1) is 0 Å². The van der Waals surface area contributed by atoms with E-state index in [1.165, 1.54) is 33.5 Å². The van der Waals surface area contributed by atoms with Gasteiger partial charge in [0.25, 0.3) is 11.8 Å². The molecule has 0 aromatic carbocycles. The number of aromatic nitrogens is 2. The van der Waals surface area contributed by atoms with Gasteiger partial charge >= 0.3 is 17.9 Å². The molecule has 0 bridgehead atoms. The maximum Gasteiger partial charge on any atom is 0.370 e. The van der Waals surface area contributed by atoms with E-state index in [-0.39, 0.29) is 40.3 Å². The molecule has 1 fully saturated rings. The number of nitrogens with one attached hydrogen (secondary N) is 1. The van der Waals surface area contributed by atoms with Crippen molar-refractivity contribution < 1.29 is 48.7 Å². The Hall–Kier alpha value is -4.16. The summed E-state index contributed by atoms with van der Waals surface area (Å²) in [4.78, 5) is 70.3. The number of β-lactam (4-membered cyclic amide) rings is 1. The third kappa shape index (κ3) is 6.52. The standard InChI is InChI=1S/C22H20N6O9S3/c23-22-24-12(9-40-22)15(26-37-6-14(31)32)18(33)25-16-19(34)28-17(21(35)36)10(8-39-20(16)28)7-38-11-1-3-27(4-2-11)5-13(29)30/h1-4,9,16,20H,5-8H2,(H5-,23,24,25,29,30,31,32,33,35,36)/p+1/t16-,20-/m1/s1. The van der Waals surface area contributed by atoms with E-state index in [0.29, 0.717) is 5.57 Å². The van der Waals surface area contributed by atoms with Crippen LogP contribution in [0.25, 0.3) is 0 Å². The van der Waals surface area contributed by atoms with Crippen molar-refractivity contribution >= 4 is 75.4 Å². The van der Waals surface area contributed by atoms with Gasteiger partial charge in [0.2, 0.25) is 13.2 Å². The van der Waals surface area contributed by atoms with Crippen molar-refractivity contribution in [3.63, 3.8) is 0 Å². The molecule has 15 nitrogen and oxygen atoms in total. The first kappa shape index (κ1) is 28.8. The molecule has 0 aliphatic carbocycles. The molecule has 0 spiro atoms. The Morgan fingerprint density at radius 3 is 2.55 bits per heavy atom. The van der Waals surface area contributed by atoms with Gasteiger partial charge in [0, 0.05) is 33.9 Å². The summed E-state index contributed by atoms with van der Waals surface area (Å²) in [5, 5.41) is 34.5. The third-order valence-electron chi connectivity index (χ3n) is 5.45. The molecule has 4 heterocycles. The predicted octanol–water partition coefficient (Wildman–Crippen LogP) is -0.566. The second-order valence-corrected chi connectivity index (χ2v) is 11.2. The highest BCUT2D eigenvalue weighted by atomic mass is 32.2. The third-order valence-corrected chi connectivity index (χ3v) is 8.56. The number of rotatable bonds is 12. The van der Waals surface area contributed by atoms with Gasteiger partial charge in [-0.3, -0.25) is 14.5 Å². The molecule has 4 rings (SSSR count). The second kappa shape index (κ2) is 12.3. The summed E-state index contributed by atoms with van der Waals surface area (Å²) in [6.07, 6.45) is 3.20. The SMILES string of the molecule is Nc1nc(C(=NOCC(=O)O)C(=O)N[C@@H]2C(=O)N3C(C(=O)O)=C(CSc4cc[n+](CC(=O)O)cc4)CS[C@H]23)cs1. The van der Waals surface area contributed by atoms with Gasteiger partial charge in [0.1, 0.15) is 22.8 Å². The number of nitrogen functional groups attached to an aromatic ring is 1. The number of amides is 2. The Labute approximate surface area is 237 Å². The molecule has 6 N–H and O–H groups in total. The minimum atomic E-state index is -1.32. The van der Waals surface area contributed by atoms with Crippen molar-refractivity contribution in [3.05, 3.63) is 46.9 Å². The highest BCUT2D eigenvalue weighted by Crippen LogP contribution is 2.41. The van der Waals surface area contributed by atoms with Gasteiger partial charge in [-0.05, 0) is 5.57 Å². The van der Waals surface area contributed by atoms with Gasteiger partial charge in [-0.15, -0.1) is 34.9 Å². The molecule has 2 aromatic rings. The Bertz CT molecular complexity index is 1430. The van der Waals surface area contributed by atoms with Crippen LogP contribution >= 0.6 is 34.9 Å². The van der Waals surface area contributed by atoms with Crippen molar-refractivity contribution in [2.24, 2.45) is 5.16 Å². The molecule has 0 saturated carbocycles. The van der Waals surface area contributed by atoms with Crippen LogP contribution in [-0.4, -0.2) is 90.2 Å². The topological polar surface area (TPSA) is 226 Å². The van der Waals surface area contributed by atoms with Crippen molar-refractivity contribution in [3.8, 4) is 0 Å². The summed E-state index contributed by atoms with van der Waals surface area (Å²) < 4.78 is 1.49.